The number of nitrogen functional groups attached to an aromatic ring is 1. The van der Waals surface area contributed by atoms with Gasteiger partial charge in [-0.05, 0) is 44.0 Å². The van der Waals surface area contributed by atoms with E-state index in [9.17, 15) is 0 Å². The second-order valence-corrected chi connectivity index (χ2v) is 5.13. The summed E-state index contributed by atoms with van der Waals surface area (Å²) in [6.07, 6.45) is 0. The highest BCUT2D eigenvalue weighted by atomic mass is 15.2. The first-order chi connectivity index (χ1) is 8.97. The van der Waals surface area contributed by atoms with E-state index in [0.29, 0.717) is 0 Å². The van der Waals surface area contributed by atoms with Gasteiger partial charge in [0.1, 0.15) is 5.82 Å². The van der Waals surface area contributed by atoms with Gasteiger partial charge in [0.15, 0.2) is 0 Å². The number of aromatic nitrogens is 1. The highest BCUT2D eigenvalue weighted by molar-refractivity contribution is 5.50. The summed E-state index contributed by atoms with van der Waals surface area (Å²) in [6.45, 7) is 7.05. The Morgan fingerprint density at radius 1 is 1.11 bits per heavy atom. The minimum Gasteiger partial charge on any atom is -0.397 e. The van der Waals surface area contributed by atoms with E-state index >= 15 is 0 Å². The molecule has 100 valence electrons. The molecule has 0 aliphatic carbocycles. The first-order valence-corrected chi connectivity index (χ1v) is 6.48. The lowest BCUT2D eigenvalue weighted by atomic mass is 10.1. The number of benzene rings is 1. The van der Waals surface area contributed by atoms with Gasteiger partial charge in [-0.15, -0.1) is 0 Å². The molecule has 19 heavy (non-hydrogen) atoms. The van der Waals surface area contributed by atoms with Crippen LogP contribution in [-0.4, -0.2) is 12.0 Å². The van der Waals surface area contributed by atoms with E-state index < -0.39 is 0 Å². The van der Waals surface area contributed by atoms with E-state index in [1.165, 1.54) is 16.7 Å². The summed E-state index contributed by atoms with van der Waals surface area (Å²) in [4.78, 5) is 6.66. The monoisotopic (exact) mass is 255 g/mol. The molecule has 2 N–H and O–H groups in total. The highest BCUT2D eigenvalue weighted by Crippen LogP contribution is 2.19. The predicted octanol–water partition coefficient (Wildman–Crippen LogP) is 3.23. The van der Waals surface area contributed by atoms with Gasteiger partial charge in [-0.25, -0.2) is 4.98 Å². The van der Waals surface area contributed by atoms with Crippen LogP contribution in [0.5, 0.6) is 0 Å². The van der Waals surface area contributed by atoms with Gasteiger partial charge >= 0.3 is 0 Å². The van der Waals surface area contributed by atoms with E-state index in [2.05, 4.69) is 49.0 Å². The minimum absolute atomic E-state index is 0.740. The van der Waals surface area contributed by atoms with Crippen molar-refractivity contribution in [3.63, 3.8) is 0 Å². The topological polar surface area (TPSA) is 42.1 Å². The van der Waals surface area contributed by atoms with Crippen LogP contribution in [0, 0.1) is 20.8 Å². The lowest BCUT2D eigenvalue weighted by molar-refractivity contribution is 0.885. The van der Waals surface area contributed by atoms with Gasteiger partial charge in [-0.1, -0.05) is 23.8 Å². The molecule has 0 saturated heterocycles. The van der Waals surface area contributed by atoms with Crippen molar-refractivity contribution in [2.45, 2.75) is 27.3 Å². The number of hydrogen-bond donors (Lipinski definition) is 1. The van der Waals surface area contributed by atoms with Crippen LogP contribution in [0.25, 0.3) is 0 Å². The average Bonchev–Trinajstić information content (AvgIpc) is 2.36. The molecule has 1 aromatic carbocycles. The lowest BCUT2D eigenvalue weighted by Gasteiger charge is -2.20. The molecule has 0 unspecified atom stereocenters. The molecule has 0 saturated carbocycles. The largest absolute Gasteiger partial charge is 0.397 e. The molecule has 0 spiro atoms. The van der Waals surface area contributed by atoms with Gasteiger partial charge < -0.3 is 10.6 Å². The Morgan fingerprint density at radius 2 is 1.84 bits per heavy atom. The number of nitrogens with zero attached hydrogens (tertiary/aromatic N) is 2. The van der Waals surface area contributed by atoms with Gasteiger partial charge in [0.25, 0.3) is 0 Å². The van der Waals surface area contributed by atoms with Crippen molar-refractivity contribution in [2.75, 3.05) is 17.7 Å². The minimum atomic E-state index is 0.740. The Labute approximate surface area is 115 Å². The summed E-state index contributed by atoms with van der Waals surface area (Å²) >= 11 is 0. The number of aryl methyl sites for hydroxylation is 3. The predicted molar refractivity (Wildman–Crippen MR) is 81.4 cm³/mol. The average molecular weight is 255 g/mol. The third-order valence-corrected chi connectivity index (χ3v) is 3.41. The molecule has 3 nitrogen and oxygen atoms in total. The van der Waals surface area contributed by atoms with Gasteiger partial charge in [0.05, 0.1) is 11.4 Å². The molecule has 0 atom stereocenters. The standard InChI is InChI=1S/C16H21N3/c1-11-5-6-14(12(2)9-11)10-19(4)16-8-7-15(17)13(3)18-16/h5-9H,10,17H2,1-4H3. The molecule has 0 radical (unpaired) electrons. The molecule has 0 aliphatic heterocycles. The maximum absolute atomic E-state index is 5.80. The zero-order valence-corrected chi connectivity index (χ0v) is 12.1. The van der Waals surface area contributed by atoms with Crippen molar-refractivity contribution in [3.05, 3.63) is 52.7 Å². The fourth-order valence-electron chi connectivity index (χ4n) is 2.13. The summed E-state index contributed by atoms with van der Waals surface area (Å²) in [5, 5.41) is 0. The van der Waals surface area contributed by atoms with Crippen LogP contribution in [0.2, 0.25) is 0 Å². The molecule has 1 aromatic heterocycles. The first-order valence-electron chi connectivity index (χ1n) is 6.48. The third kappa shape index (κ3) is 3.05. The van der Waals surface area contributed by atoms with Crippen molar-refractivity contribution in [2.24, 2.45) is 0 Å². The summed E-state index contributed by atoms with van der Waals surface area (Å²) in [6, 6.07) is 10.4. The van der Waals surface area contributed by atoms with E-state index in [0.717, 1.165) is 23.7 Å². The number of anilines is 2. The summed E-state index contributed by atoms with van der Waals surface area (Å²) in [5.74, 6) is 0.951. The Morgan fingerprint density at radius 3 is 2.47 bits per heavy atom. The van der Waals surface area contributed by atoms with Gasteiger partial charge in [-0.3, -0.25) is 0 Å². The van der Waals surface area contributed by atoms with Crippen LogP contribution in [0.1, 0.15) is 22.4 Å². The van der Waals surface area contributed by atoms with Crippen LogP contribution in [0.15, 0.2) is 30.3 Å². The van der Waals surface area contributed by atoms with E-state index in [1.807, 2.05) is 19.1 Å². The maximum Gasteiger partial charge on any atom is 0.128 e. The van der Waals surface area contributed by atoms with Crippen molar-refractivity contribution < 1.29 is 0 Å². The molecule has 2 rings (SSSR count). The fraction of sp³-hybridized carbons (Fsp3) is 0.312. The molecule has 2 aromatic rings. The van der Waals surface area contributed by atoms with Gasteiger partial charge in [0, 0.05) is 13.6 Å². The van der Waals surface area contributed by atoms with Gasteiger partial charge in [0.2, 0.25) is 0 Å². The zero-order chi connectivity index (χ0) is 14.0. The number of hydrogen-bond acceptors (Lipinski definition) is 3. The molecule has 0 fully saturated rings. The van der Waals surface area contributed by atoms with Crippen molar-refractivity contribution in [1.29, 1.82) is 0 Å². The van der Waals surface area contributed by atoms with Crippen LogP contribution >= 0.6 is 0 Å². The second-order valence-electron chi connectivity index (χ2n) is 5.13. The van der Waals surface area contributed by atoms with Gasteiger partial charge in [-0.2, -0.15) is 0 Å². The Balaban J connectivity index is 2.20. The van der Waals surface area contributed by atoms with E-state index in [4.69, 9.17) is 5.73 Å². The van der Waals surface area contributed by atoms with Crippen LogP contribution in [0.4, 0.5) is 11.5 Å². The van der Waals surface area contributed by atoms with Crippen molar-refractivity contribution in [3.8, 4) is 0 Å². The third-order valence-electron chi connectivity index (χ3n) is 3.41. The Hall–Kier alpha value is -2.03. The Kier molecular flexibility index (Phi) is 3.74. The summed E-state index contributed by atoms with van der Waals surface area (Å²) < 4.78 is 0. The van der Waals surface area contributed by atoms with Crippen LogP contribution in [-0.2, 0) is 6.54 Å². The number of nitrogens with two attached hydrogens (primary N) is 1. The van der Waals surface area contributed by atoms with E-state index in [-0.39, 0.29) is 0 Å². The van der Waals surface area contributed by atoms with E-state index in [1.54, 1.807) is 0 Å². The van der Waals surface area contributed by atoms with Crippen molar-refractivity contribution in [1.82, 2.24) is 4.98 Å². The quantitative estimate of drug-likeness (QED) is 0.915. The number of pyridine rings is 1. The number of rotatable bonds is 3. The van der Waals surface area contributed by atoms with Crippen LogP contribution < -0.4 is 10.6 Å². The SMILES string of the molecule is Cc1ccc(CN(C)c2ccc(N)c(C)n2)c(C)c1. The lowest BCUT2D eigenvalue weighted by Crippen LogP contribution is -2.18. The fourth-order valence-corrected chi connectivity index (χ4v) is 2.13. The molecule has 3 heteroatoms. The van der Waals surface area contributed by atoms with Crippen LogP contribution in [0.3, 0.4) is 0 Å². The molecule has 0 aliphatic rings. The second kappa shape index (κ2) is 5.31. The smallest absolute Gasteiger partial charge is 0.128 e. The van der Waals surface area contributed by atoms with Crippen molar-refractivity contribution >= 4 is 11.5 Å². The maximum atomic E-state index is 5.80. The molecule has 0 amide bonds. The summed E-state index contributed by atoms with van der Waals surface area (Å²) in [5.41, 5.74) is 11.4. The molecular formula is C16H21N3. The first kappa shape index (κ1) is 13.4. The molecular weight excluding hydrogens is 234 g/mol. The zero-order valence-electron chi connectivity index (χ0n) is 12.1. The highest BCUT2D eigenvalue weighted by Gasteiger charge is 2.07. The summed E-state index contributed by atoms with van der Waals surface area (Å²) in [7, 11) is 2.05. The Bertz CT molecular complexity index is 591. The normalized spacial score (nSPS) is 10.5. The molecule has 0 bridgehead atoms. The molecule has 1 heterocycles.